The molecule has 0 bridgehead atoms. The monoisotopic (exact) mass is 569 g/mol. The van der Waals surface area contributed by atoms with Gasteiger partial charge in [0.05, 0.1) is 5.92 Å². The third-order valence-electron chi connectivity index (χ3n) is 8.40. The molecule has 1 atom stereocenters. The molecule has 0 aromatic heterocycles. The molecule has 2 heterocycles. The first-order valence-electron chi connectivity index (χ1n) is 14.7. The highest BCUT2D eigenvalue weighted by atomic mass is 16.5. The number of hydrogen-bond donors (Lipinski definition) is 2. The van der Waals surface area contributed by atoms with Crippen LogP contribution in [0.1, 0.15) is 47.1 Å². The fourth-order valence-corrected chi connectivity index (χ4v) is 6.15. The lowest BCUT2D eigenvalue weighted by molar-refractivity contribution is -0.146. The maximum absolute atomic E-state index is 13.2. The molecule has 1 saturated heterocycles. The molecule has 8 nitrogen and oxygen atoms in total. The van der Waals surface area contributed by atoms with Gasteiger partial charge in [0.25, 0.3) is 0 Å². The van der Waals surface area contributed by atoms with E-state index in [1.165, 1.54) is 0 Å². The number of carboxylic acid groups (broad SMARTS) is 1. The fraction of sp³-hybridized carbons (Fsp3) is 0.382. The molecule has 220 valence electrons. The van der Waals surface area contributed by atoms with E-state index in [4.69, 9.17) is 4.74 Å². The van der Waals surface area contributed by atoms with Crippen molar-refractivity contribution in [3.05, 3.63) is 94.5 Å². The summed E-state index contributed by atoms with van der Waals surface area (Å²) in [5.41, 5.74) is 5.83. The minimum Gasteiger partial charge on any atom is -0.488 e. The van der Waals surface area contributed by atoms with Crippen LogP contribution < -0.4 is 10.1 Å². The quantitative estimate of drug-likeness (QED) is 0.350. The first kappa shape index (κ1) is 29.2. The van der Waals surface area contributed by atoms with Crippen molar-refractivity contribution in [1.29, 1.82) is 0 Å². The molecule has 0 radical (unpaired) electrons. The summed E-state index contributed by atoms with van der Waals surface area (Å²) in [4.78, 5) is 42.0. The maximum atomic E-state index is 13.2. The number of nitrogens with zero attached hydrogens (tertiary/aromatic N) is 2. The summed E-state index contributed by atoms with van der Waals surface area (Å²) >= 11 is 0. The van der Waals surface area contributed by atoms with Crippen LogP contribution in [-0.2, 0) is 29.0 Å². The lowest BCUT2D eigenvalue weighted by Crippen LogP contribution is -2.50. The fourth-order valence-electron chi connectivity index (χ4n) is 6.15. The standard InChI is InChI=1S/C34H39N3O5/c1-23-18-26(19-24(2)32(23)42-22-25-8-4-3-5-9-25)20-28(33(39)40)21-31(38)36-15-13-29(14-16-36)37-17-12-27-10-6-7-11-30(27)35-34(37)41/h3-11,18-19,28-29H,12-17,20-22H2,1-2H3,(H,35,41)(H,39,40). The van der Waals surface area contributed by atoms with Gasteiger partial charge in [-0.3, -0.25) is 9.59 Å². The number of urea groups is 1. The lowest BCUT2D eigenvalue weighted by atomic mass is 9.92. The zero-order valence-corrected chi connectivity index (χ0v) is 24.3. The van der Waals surface area contributed by atoms with Gasteiger partial charge in [0.15, 0.2) is 0 Å². The Morgan fingerprint density at radius 3 is 2.31 bits per heavy atom. The van der Waals surface area contributed by atoms with Crippen LogP contribution in [0.25, 0.3) is 0 Å². The number of nitrogens with one attached hydrogen (secondary N) is 1. The second-order valence-corrected chi connectivity index (χ2v) is 11.4. The lowest BCUT2D eigenvalue weighted by Gasteiger charge is -2.38. The molecule has 0 aliphatic carbocycles. The zero-order valence-electron chi connectivity index (χ0n) is 24.3. The number of rotatable bonds is 9. The average molecular weight is 570 g/mol. The summed E-state index contributed by atoms with van der Waals surface area (Å²) in [6.45, 7) is 6.05. The number of para-hydroxylation sites is 1. The number of aryl methyl sites for hydroxylation is 2. The first-order valence-corrected chi connectivity index (χ1v) is 14.7. The molecular formula is C34H39N3O5. The third-order valence-corrected chi connectivity index (χ3v) is 8.40. The van der Waals surface area contributed by atoms with E-state index < -0.39 is 11.9 Å². The highest BCUT2D eigenvalue weighted by molar-refractivity contribution is 5.91. The van der Waals surface area contributed by atoms with Crippen LogP contribution in [0.4, 0.5) is 10.5 Å². The summed E-state index contributed by atoms with van der Waals surface area (Å²) in [7, 11) is 0. The molecule has 2 N–H and O–H groups in total. The Labute approximate surface area is 247 Å². The van der Waals surface area contributed by atoms with Crippen molar-refractivity contribution in [2.24, 2.45) is 5.92 Å². The van der Waals surface area contributed by atoms with Crippen LogP contribution >= 0.6 is 0 Å². The number of likely N-dealkylation sites (tertiary alicyclic amines) is 1. The van der Waals surface area contributed by atoms with Crippen LogP contribution in [0.3, 0.4) is 0 Å². The normalized spacial score (nSPS) is 16.3. The largest absolute Gasteiger partial charge is 0.488 e. The van der Waals surface area contributed by atoms with E-state index in [-0.39, 0.29) is 30.8 Å². The predicted octanol–water partition coefficient (Wildman–Crippen LogP) is 5.60. The molecule has 1 unspecified atom stereocenters. The van der Waals surface area contributed by atoms with Crippen molar-refractivity contribution in [2.75, 3.05) is 25.0 Å². The van der Waals surface area contributed by atoms with Gasteiger partial charge in [-0.1, -0.05) is 60.7 Å². The Kier molecular flexibility index (Phi) is 9.10. The Hall–Kier alpha value is -4.33. The molecule has 2 aliphatic heterocycles. The summed E-state index contributed by atoms with van der Waals surface area (Å²) in [5, 5.41) is 13.0. The third kappa shape index (κ3) is 6.93. The molecule has 42 heavy (non-hydrogen) atoms. The Bertz CT molecular complexity index is 1410. The van der Waals surface area contributed by atoms with E-state index in [0.29, 0.717) is 39.1 Å². The van der Waals surface area contributed by atoms with Gasteiger partial charge in [0.1, 0.15) is 12.4 Å². The number of anilines is 1. The average Bonchev–Trinajstić information content (AvgIpc) is 3.15. The van der Waals surface area contributed by atoms with Crippen molar-refractivity contribution in [2.45, 2.75) is 58.6 Å². The van der Waals surface area contributed by atoms with Crippen LogP contribution in [0, 0.1) is 19.8 Å². The Morgan fingerprint density at radius 1 is 0.952 bits per heavy atom. The van der Waals surface area contributed by atoms with Gasteiger partial charge in [-0.2, -0.15) is 0 Å². The van der Waals surface area contributed by atoms with Crippen molar-refractivity contribution >= 4 is 23.6 Å². The van der Waals surface area contributed by atoms with Crippen LogP contribution in [-0.4, -0.2) is 58.5 Å². The van der Waals surface area contributed by atoms with Crippen LogP contribution in [0.15, 0.2) is 66.7 Å². The van der Waals surface area contributed by atoms with Crippen molar-refractivity contribution in [1.82, 2.24) is 9.80 Å². The van der Waals surface area contributed by atoms with E-state index in [1.54, 1.807) is 4.90 Å². The zero-order chi connectivity index (χ0) is 29.6. The minimum atomic E-state index is -0.973. The number of aliphatic carboxylic acids is 1. The number of ether oxygens (including phenoxy) is 1. The first-order chi connectivity index (χ1) is 20.3. The van der Waals surface area contributed by atoms with Crippen molar-refractivity contribution in [3.8, 4) is 5.75 Å². The smallest absolute Gasteiger partial charge is 0.322 e. The van der Waals surface area contributed by atoms with Gasteiger partial charge in [0, 0.05) is 37.8 Å². The predicted molar refractivity (Wildman–Crippen MR) is 162 cm³/mol. The minimum absolute atomic E-state index is 0.0483. The van der Waals surface area contributed by atoms with E-state index in [9.17, 15) is 19.5 Å². The number of fused-ring (bicyclic) bond motifs is 1. The number of piperidine rings is 1. The summed E-state index contributed by atoms with van der Waals surface area (Å²) in [6, 6.07) is 21.7. The van der Waals surface area contributed by atoms with E-state index in [2.05, 4.69) is 5.32 Å². The summed E-state index contributed by atoms with van der Waals surface area (Å²) in [6.07, 6.45) is 2.36. The summed E-state index contributed by atoms with van der Waals surface area (Å²) < 4.78 is 6.08. The van der Waals surface area contributed by atoms with E-state index in [1.807, 2.05) is 85.5 Å². The number of amides is 3. The topological polar surface area (TPSA) is 99.2 Å². The van der Waals surface area contributed by atoms with Crippen LogP contribution in [0.2, 0.25) is 0 Å². The van der Waals surface area contributed by atoms with Crippen molar-refractivity contribution in [3.63, 3.8) is 0 Å². The van der Waals surface area contributed by atoms with Gasteiger partial charge >= 0.3 is 12.0 Å². The molecule has 8 heteroatoms. The van der Waals surface area contributed by atoms with Gasteiger partial charge in [-0.05, 0) is 73.4 Å². The number of carbonyl (C=O) groups is 3. The molecule has 2 aliphatic rings. The molecule has 3 aromatic carbocycles. The van der Waals surface area contributed by atoms with E-state index in [0.717, 1.165) is 45.7 Å². The number of hydrogen-bond acceptors (Lipinski definition) is 4. The number of benzene rings is 3. The second kappa shape index (κ2) is 13.1. The maximum Gasteiger partial charge on any atom is 0.322 e. The number of carboxylic acids is 1. The highest BCUT2D eigenvalue weighted by Crippen LogP contribution is 2.29. The van der Waals surface area contributed by atoms with Crippen molar-refractivity contribution < 1.29 is 24.2 Å². The molecule has 1 fully saturated rings. The molecule has 3 amide bonds. The van der Waals surface area contributed by atoms with Gasteiger partial charge < -0.3 is 25.0 Å². The number of carbonyl (C=O) groups excluding carboxylic acids is 2. The second-order valence-electron chi connectivity index (χ2n) is 11.4. The Morgan fingerprint density at radius 2 is 1.62 bits per heavy atom. The van der Waals surface area contributed by atoms with Gasteiger partial charge in [-0.25, -0.2) is 4.79 Å². The Balaban J connectivity index is 1.15. The van der Waals surface area contributed by atoms with Gasteiger partial charge in [-0.15, -0.1) is 0 Å². The van der Waals surface area contributed by atoms with Gasteiger partial charge in [0.2, 0.25) is 5.91 Å². The highest BCUT2D eigenvalue weighted by Gasteiger charge is 2.32. The summed E-state index contributed by atoms with van der Waals surface area (Å²) in [5.74, 6) is -1.14. The molecular weight excluding hydrogens is 530 g/mol. The molecule has 5 rings (SSSR count). The van der Waals surface area contributed by atoms with Crippen LogP contribution in [0.5, 0.6) is 5.75 Å². The molecule has 0 spiro atoms. The molecule has 0 saturated carbocycles. The SMILES string of the molecule is Cc1cc(CC(CC(=O)N2CCC(N3CCc4ccccc4NC3=O)CC2)C(=O)O)cc(C)c1OCc1ccccc1. The van der Waals surface area contributed by atoms with E-state index >= 15 is 0 Å². The molecule has 3 aromatic rings.